The molecule has 0 spiro atoms. The molecule has 0 fully saturated rings. The first-order chi connectivity index (χ1) is 15.6. The molecule has 176 valence electrons. The summed E-state index contributed by atoms with van der Waals surface area (Å²) in [5.74, 6) is 0.762. The van der Waals surface area contributed by atoms with E-state index in [9.17, 15) is 13.6 Å². The topological polar surface area (TPSA) is 62.6 Å². The lowest BCUT2D eigenvalue weighted by atomic mass is 9.90. The Morgan fingerprint density at radius 2 is 1.88 bits per heavy atom. The van der Waals surface area contributed by atoms with Crippen LogP contribution in [0.5, 0.6) is 5.75 Å². The number of hydrogen-bond acceptors (Lipinski definition) is 5. The van der Waals surface area contributed by atoms with Crippen molar-refractivity contribution in [1.29, 1.82) is 0 Å². The average Bonchev–Trinajstić information content (AvgIpc) is 3.06. The zero-order chi connectivity index (χ0) is 23.9. The number of halogens is 2. The van der Waals surface area contributed by atoms with Gasteiger partial charge in [-0.3, -0.25) is 4.79 Å². The number of esters is 1. The second-order valence-electron chi connectivity index (χ2n) is 9.28. The Morgan fingerprint density at radius 1 is 1.18 bits per heavy atom. The summed E-state index contributed by atoms with van der Waals surface area (Å²) in [7, 11) is 1.90. The monoisotopic (exact) mass is 458 g/mol. The lowest BCUT2D eigenvalue weighted by Gasteiger charge is -2.40. The summed E-state index contributed by atoms with van der Waals surface area (Å²) in [6.07, 6.45) is -5.36. The van der Waals surface area contributed by atoms with Gasteiger partial charge in [-0.2, -0.15) is 0 Å². The second kappa shape index (κ2) is 8.74. The molecule has 33 heavy (non-hydrogen) atoms. The molecular weight excluding hydrogens is 430 g/mol. The van der Waals surface area contributed by atoms with Gasteiger partial charge in [-0.25, -0.2) is 13.8 Å². The van der Waals surface area contributed by atoms with Gasteiger partial charge in [0.05, 0.1) is 10.9 Å². The lowest BCUT2D eigenvalue weighted by molar-refractivity contribution is -0.183. The third-order valence-corrected chi connectivity index (χ3v) is 5.79. The molecule has 0 unspecified atom stereocenters. The quantitative estimate of drug-likeness (QED) is 0.486. The first-order valence-electron chi connectivity index (χ1n) is 10.9. The van der Waals surface area contributed by atoms with Crippen LogP contribution in [0, 0.1) is 12.3 Å². The molecular formula is C25H28F2N2O4. The summed E-state index contributed by atoms with van der Waals surface area (Å²) in [6.45, 7) is 6.29. The van der Waals surface area contributed by atoms with E-state index < -0.39 is 42.7 Å². The number of hydrogen-bond donors (Lipinski definition) is 0. The van der Waals surface area contributed by atoms with Crippen LogP contribution >= 0.6 is 0 Å². The van der Waals surface area contributed by atoms with Crippen molar-refractivity contribution in [2.24, 2.45) is 12.5 Å². The number of carbonyl (C=O) groups is 1. The molecule has 1 aliphatic heterocycles. The van der Waals surface area contributed by atoms with E-state index in [4.69, 9.17) is 14.2 Å². The summed E-state index contributed by atoms with van der Waals surface area (Å²) in [4.78, 5) is 17.5. The highest BCUT2D eigenvalue weighted by molar-refractivity contribution is 5.85. The normalized spacial score (nSPS) is 20.5. The van der Waals surface area contributed by atoms with Crippen molar-refractivity contribution < 1.29 is 27.8 Å². The highest BCUT2D eigenvalue weighted by Gasteiger charge is 2.45. The highest BCUT2D eigenvalue weighted by Crippen LogP contribution is 2.47. The van der Waals surface area contributed by atoms with Gasteiger partial charge in [-0.05, 0) is 39.3 Å². The van der Waals surface area contributed by atoms with E-state index in [0.717, 1.165) is 16.9 Å². The molecule has 0 amide bonds. The lowest BCUT2D eigenvalue weighted by Crippen LogP contribution is -2.42. The number of nitrogens with zero attached hydrogens (tertiary/aromatic N) is 2. The van der Waals surface area contributed by atoms with E-state index in [1.54, 1.807) is 26.8 Å². The van der Waals surface area contributed by atoms with Gasteiger partial charge >= 0.3 is 5.97 Å². The summed E-state index contributed by atoms with van der Waals surface area (Å²) in [5, 5.41) is 0. The largest absolute Gasteiger partial charge is 0.479 e. The predicted molar refractivity (Wildman–Crippen MR) is 119 cm³/mol. The Bertz CT molecular complexity index is 1150. The molecule has 0 N–H and O–H groups in total. The predicted octanol–water partition coefficient (Wildman–Crippen LogP) is 5.30. The van der Waals surface area contributed by atoms with Crippen LogP contribution in [-0.2, 0) is 21.3 Å². The van der Waals surface area contributed by atoms with Crippen LogP contribution < -0.4 is 4.74 Å². The van der Waals surface area contributed by atoms with Crippen molar-refractivity contribution >= 4 is 17.0 Å². The standard InChI is InChI=1S/C25H28F2N2O4/c1-14-28-19-17(29(14)5)12-11-16-21(19)32-20(15-9-7-6-8-10-15)23(22(16)31-13-18(26)27)33-24(30)25(2,3)4/h6-12,18,20,22-23H,13H2,1-5H3/t20-,22-,23-/m1/s1. The van der Waals surface area contributed by atoms with E-state index in [2.05, 4.69) is 4.98 Å². The number of aryl methyl sites for hydroxylation is 2. The van der Waals surface area contributed by atoms with Gasteiger partial charge < -0.3 is 18.8 Å². The van der Waals surface area contributed by atoms with Gasteiger partial charge in [-0.15, -0.1) is 0 Å². The van der Waals surface area contributed by atoms with Crippen LogP contribution in [-0.4, -0.2) is 34.7 Å². The van der Waals surface area contributed by atoms with Crippen molar-refractivity contribution in [3.8, 4) is 5.75 Å². The Labute approximate surface area is 191 Å². The van der Waals surface area contributed by atoms with Crippen molar-refractivity contribution in [3.05, 3.63) is 59.4 Å². The SMILES string of the molecule is Cc1nc2c3c(ccc2n1C)[C@@H](OCC(F)F)[C@H](OC(=O)C(C)(C)C)[C@@H](c1ccccc1)O3. The molecule has 2 heterocycles. The van der Waals surface area contributed by atoms with Crippen LogP contribution in [0.2, 0.25) is 0 Å². The Morgan fingerprint density at radius 3 is 2.52 bits per heavy atom. The number of fused-ring (bicyclic) bond motifs is 3. The number of rotatable bonds is 5. The number of alkyl halides is 2. The van der Waals surface area contributed by atoms with Crippen molar-refractivity contribution in [1.82, 2.24) is 9.55 Å². The molecule has 0 radical (unpaired) electrons. The summed E-state index contributed by atoms with van der Waals surface area (Å²) >= 11 is 0. The van der Waals surface area contributed by atoms with Gasteiger partial charge in [0.25, 0.3) is 6.43 Å². The van der Waals surface area contributed by atoms with E-state index in [-0.39, 0.29) is 0 Å². The number of aromatic nitrogens is 2. The fraction of sp³-hybridized carbons (Fsp3) is 0.440. The molecule has 0 saturated heterocycles. The van der Waals surface area contributed by atoms with Crippen LogP contribution in [0.3, 0.4) is 0 Å². The second-order valence-corrected chi connectivity index (χ2v) is 9.28. The first-order valence-corrected chi connectivity index (χ1v) is 10.9. The number of ether oxygens (including phenoxy) is 3. The molecule has 0 aliphatic carbocycles. The smallest absolute Gasteiger partial charge is 0.311 e. The fourth-order valence-electron chi connectivity index (χ4n) is 3.93. The van der Waals surface area contributed by atoms with E-state index >= 15 is 0 Å². The minimum Gasteiger partial charge on any atom is -0.479 e. The van der Waals surface area contributed by atoms with Gasteiger partial charge in [0, 0.05) is 12.6 Å². The van der Waals surface area contributed by atoms with Crippen LogP contribution in [0.4, 0.5) is 8.78 Å². The molecule has 2 aromatic carbocycles. The first kappa shape index (κ1) is 23.2. The summed E-state index contributed by atoms with van der Waals surface area (Å²) in [5.41, 5.74) is 1.93. The molecule has 3 atom stereocenters. The Balaban J connectivity index is 1.89. The van der Waals surface area contributed by atoms with E-state index in [1.807, 2.05) is 54.9 Å². The fourth-order valence-corrected chi connectivity index (χ4v) is 3.93. The van der Waals surface area contributed by atoms with Crippen molar-refractivity contribution in [3.63, 3.8) is 0 Å². The highest BCUT2D eigenvalue weighted by atomic mass is 19.3. The minimum atomic E-state index is -2.67. The van der Waals surface area contributed by atoms with Gasteiger partial charge in [0.2, 0.25) is 0 Å². The average molecular weight is 459 g/mol. The summed E-state index contributed by atoms with van der Waals surface area (Å²) < 4.78 is 46.4. The Kier molecular flexibility index (Phi) is 6.14. The summed E-state index contributed by atoms with van der Waals surface area (Å²) in [6, 6.07) is 12.9. The van der Waals surface area contributed by atoms with E-state index in [1.165, 1.54) is 0 Å². The number of carbonyl (C=O) groups excluding carboxylic acids is 1. The molecule has 0 saturated carbocycles. The third-order valence-electron chi connectivity index (χ3n) is 5.79. The maximum Gasteiger partial charge on any atom is 0.311 e. The molecule has 1 aromatic heterocycles. The van der Waals surface area contributed by atoms with Gasteiger partial charge in [-0.1, -0.05) is 36.4 Å². The molecule has 3 aromatic rings. The maximum atomic E-state index is 13.2. The van der Waals surface area contributed by atoms with Crippen LogP contribution in [0.25, 0.3) is 11.0 Å². The zero-order valence-electron chi connectivity index (χ0n) is 19.3. The number of imidazole rings is 1. The molecule has 8 heteroatoms. The molecule has 1 aliphatic rings. The maximum absolute atomic E-state index is 13.2. The number of benzene rings is 2. The van der Waals surface area contributed by atoms with Crippen LogP contribution in [0.1, 0.15) is 49.9 Å². The van der Waals surface area contributed by atoms with Gasteiger partial charge in [0.1, 0.15) is 24.1 Å². The minimum absolute atomic E-state index is 0.451. The van der Waals surface area contributed by atoms with E-state index in [0.29, 0.717) is 16.8 Å². The van der Waals surface area contributed by atoms with Crippen molar-refractivity contribution in [2.75, 3.05) is 6.61 Å². The third kappa shape index (κ3) is 4.44. The Hall–Kier alpha value is -3.00. The molecule has 4 rings (SSSR count). The molecule has 0 bridgehead atoms. The van der Waals surface area contributed by atoms with Crippen LogP contribution in [0.15, 0.2) is 42.5 Å². The molecule has 6 nitrogen and oxygen atoms in total. The zero-order valence-corrected chi connectivity index (χ0v) is 19.3. The van der Waals surface area contributed by atoms with Crippen molar-refractivity contribution in [2.45, 2.75) is 52.4 Å². The van der Waals surface area contributed by atoms with Gasteiger partial charge in [0.15, 0.2) is 18.0 Å².